The van der Waals surface area contributed by atoms with Crippen LogP contribution in [-0.2, 0) is 9.53 Å². The van der Waals surface area contributed by atoms with Crippen LogP contribution in [0.5, 0.6) is 0 Å². The van der Waals surface area contributed by atoms with Crippen LogP contribution < -0.4 is 4.90 Å². The number of carbonyl (C=O) groups is 1. The Balaban J connectivity index is 2.49. The quantitative estimate of drug-likeness (QED) is 0.653. The van der Waals surface area contributed by atoms with E-state index in [1.807, 2.05) is 5.38 Å². The van der Waals surface area contributed by atoms with E-state index in [4.69, 9.17) is 0 Å². The summed E-state index contributed by atoms with van der Waals surface area (Å²) in [5.74, 6) is -0.257. The van der Waals surface area contributed by atoms with Gasteiger partial charge in [0.25, 0.3) is 0 Å². The number of thiazole rings is 1. The number of anilines is 1. The number of hydrogen-bond acceptors (Lipinski definition) is 5. The van der Waals surface area contributed by atoms with Gasteiger partial charge in [-0.3, -0.25) is 4.79 Å². The molecule has 0 spiro atoms. The zero-order valence-electron chi connectivity index (χ0n) is 6.98. The second kappa shape index (κ2) is 4.06. The minimum Gasteiger partial charge on any atom is -0.468 e. The van der Waals surface area contributed by atoms with E-state index >= 15 is 0 Å². The molecule has 1 aromatic rings. The minimum atomic E-state index is -0.257. The van der Waals surface area contributed by atoms with Gasteiger partial charge in [0, 0.05) is 18.6 Å². The molecule has 0 aromatic carbocycles. The van der Waals surface area contributed by atoms with Gasteiger partial charge in [-0.05, 0) is 0 Å². The molecule has 12 heavy (non-hydrogen) atoms. The van der Waals surface area contributed by atoms with Crippen molar-refractivity contribution in [1.82, 2.24) is 4.98 Å². The first-order chi connectivity index (χ1) is 5.74. The van der Waals surface area contributed by atoms with Gasteiger partial charge in [-0.2, -0.15) is 0 Å². The molecule has 0 atom stereocenters. The van der Waals surface area contributed by atoms with Gasteiger partial charge in [0.2, 0.25) is 0 Å². The fraction of sp³-hybridized carbons (Fsp3) is 0.429. The summed E-state index contributed by atoms with van der Waals surface area (Å²) in [6, 6.07) is 0. The van der Waals surface area contributed by atoms with E-state index in [0.717, 1.165) is 5.13 Å². The first-order valence-electron chi connectivity index (χ1n) is 3.41. The van der Waals surface area contributed by atoms with E-state index in [-0.39, 0.29) is 12.5 Å². The van der Waals surface area contributed by atoms with Gasteiger partial charge >= 0.3 is 5.97 Å². The van der Waals surface area contributed by atoms with Crippen LogP contribution in [0, 0.1) is 0 Å². The molecule has 0 bridgehead atoms. The molecule has 0 saturated heterocycles. The van der Waals surface area contributed by atoms with E-state index in [1.165, 1.54) is 18.4 Å². The van der Waals surface area contributed by atoms with Gasteiger partial charge in [-0.1, -0.05) is 0 Å². The molecule has 0 N–H and O–H groups in total. The number of methoxy groups -OCH3 is 1. The van der Waals surface area contributed by atoms with Crippen molar-refractivity contribution in [3.8, 4) is 0 Å². The molecule has 4 nitrogen and oxygen atoms in total. The second-order valence-corrected chi connectivity index (χ2v) is 3.12. The standard InChI is InChI=1S/C7H10N2O2S/c1-9(5-6(10)11-2)7-8-3-4-12-7/h3-4H,5H2,1-2H3. The van der Waals surface area contributed by atoms with Crippen molar-refractivity contribution in [3.05, 3.63) is 11.6 Å². The Kier molecular flexibility index (Phi) is 3.04. The summed E-state index contributed by atoms with van der Waals surface area (Å²) in [6.07, 6.45) is 1.70. The van der Waals surface area contributed by atoms with E-state index in [0.29, 0.717) is 0 Å². The zero-order valence-corrected chi connectivity index (χ0v) is 7.80. The molecule has 1 rings (SSSR count). The highest BCUT2D eigenvalue weighted by molar-refractivity contribution is 7.13. The lowest BCUT2D eigenvalue weighted by Gasteiger charge is -2.12. The Morgan fingerprint density at radius 1 is 1.83 bits per heavy atom. The molecule has 0 saturated carbocycles. The van der Waals surface area contributed by atoms with Gasteiger partial charge < -0.3 is 9.64 Å². The van der Waals surface area contributed by atoms with Gasteiger partial charge in [0.15, 0.2) is 5.13 Å². The molecular formula is C7H10N2O2S. The molecule has 66 valence electrons. The van der Waals surface area contributed by atoms with Crippen molar-refractivity contribution in [1.29, 1.82) is 0 Å². The van der Waals surface area contributed by atoms with Gasteiger partial charge in [-0.15, -0.1) is 11.3 Å². The van der Waals surface area contributed by atoms with Crippen molar-refractivity contribution < 1.29 is 9.53 Å². The monoisotopic (exact) mass is 186 g/mol. The Morgan fingerprint density at radius 2 is 2.58 bits per heavy atom. The number of rotatable bonds is 3. The molecule has 0 fully saturated rings. The molecule has 1 heterocycles. The van der Waals surface area contributed by atoms with Crippen LogP contribution in [0.1, 0.15) is 0 Å². The number of nitrogens with zero attached hydrogens (tertiary/aromatic N) is 2. The summed E-state index contributed by atoms with van der Waals surface area (Å²) in [5.41, 5.74) is 0. The molecule has 5 heteroatoms. The zero-order chi connectivity index (χ0) is 8.97. The number of aromatic nitrogens is 1. The highest BCUT2D eigenvalue weighted by atomic mass is 32.1. The Bertz CT molecular complexity index is 248. The molecule has 0 aliphatic carbocycles. The van der Waals surface area contributed by atoms with Gasteiger partial charge in [0.05, 0.1) is 7.11 Å². The largest absolute Gasteiger partial charge is 0.468 e. The summed E-state index contributed by atoms with van der Waals surface area (Å²) >= 11 is 1.49. The molecule has 0 aliphatic heterocycles. The number of ether oxygens (including phenoxy) is 1. The predicted molar refractivity (Wildman–Crippen MR) is 47.4 cm³/mol. The summed E-state index contributed by atoms with van der Waals surface area (Å²) < 4.78 is 4.52. The van der Waals surface area contributed by atoms with Gasteiger partial charge in [-0.25, -0.2) is 4.98 Å². The number of esters is 1. The fourth-order valence-electron chi connectivity index (χ4n) is 0.730. The lowest BCUT2D eigenvalue weighted by atomic mass is 10.6. The molecule has 0 unspecified atom stereocenters. The second-order valence-electron chi connectivity index (χ2n) is 2.25. The van der Waals surface area contributed by atoms with E-state index in [9.17, 15) is 4.79 Å². The Labute approximate surface area is 74.8 Å². The molecule has 0 amide bonds. The van der Waals surface area contributed by atoms with Crippen molar-refractivity contribution >= 4 is 22.4 Å². The van der Waals surface area contributed by atoms with Crippen LogP contribution in [0.3, 0.4) is 0 Å². The van der Waals surface area contributed by atoms with Crippen molar-refractivity contribution in [2.45, 2.75) is 0 Å². The lowest BCUT2D eigenvalue weighted by molar-refractivity contribution is -0.138. The van der Waals surface area contributed by atoms with Crippen molar-refractivity contribution in [3.63, 3.8) is 0 Å². The average Bonchev–Trinajstić information content (AvgIpc) is 2.56. The van der Waals surface area contributed by atoms with E-state index < -0.39 is 0 Å². The maximum atomic E-state index is 10.8. The third-order valence-electron chi connectivity index (χ3n) is 1.34. The van der Waals surface area contributed by atoms with Crippen LogP contribution in [0.2, 0.25) is 0 Å². The molecule has 0 radical (unpaired) electrons. The topological polar surface area (TPSA) is 42.4 Å². The molecule has 0 aliphatic rings. The van der Waals surface area contributed by atoms with Crippen LogP contribution >= 0.6 is 11.3 Å². The minimum absolute atomic E-state index is 0.240. The summed E-state index contributed by atoms with van der Waals surface area (Å²) in [5, 5.41) is 2.68. The van der Waals surface area contributed by atoms with Crippen molar-refractivity contribution in [2.75, 3.05) is 25.6 Å². The van der Waals surface area contributed by atoms with Crippen LogP contribution in [0.15, 0.2) is 11.6 Å². The van der Waals surface area contributed by atoms with Crippen LogP contribution in [0.25, 0.3) is 0 Å². The molecule has 1 aromatic heterocycles. The number of likely N-dealkylation sites (N-methyl/N-ethyl adjacent to an activating group) is 1. The normalized spacial score (nSPS) is 9.50. The van der Waals surface area contributed by atoms with E-state index in [2.05, 4.69) is 9.72 Å². The first kappa shape index (κ1) is 8.99. The Hall–Kier alpha value is -1.10. The highest BCUT2D eigenvalue weighted by Gasteiger charge is 2.08. The van der Waals surface area contributed by atoms with Gasteiger partial charge in [0.1, 0.15) is 6.54 Å². The van der Waals surface area contributed by atoms with Crippen LogP contribution in [0.4, 0.5) is 5.13 Å². The fourth-order valence-corrected chi connectivity index (χ4v) is 1.34. The lowest BCUT2D eigenvalue weighted by Crippen LogP contribution is -2.26. The summed E-state index contributed by atoms with van der Waals surface area (Å²) in [6.45, 7) is 0.240. The predicted octanol–water partition coefficient (Wildman–Crippen LogP) is 0.752. The summed E-state index contributed by atoms with van der Waals surface area (Å²) in [7, 11) is 3.17. The average molecular weight is 186 g/mol. The number of carbonyl (C=O) groups excluding carboxylic acids is 1. The summed E-state index contributed by atoms with van der Waals surface area (Å²) in [4.78, 5) is 16.6. The maximum absolute atomic E-state index is 10.8. The first-order valence-corrected chi connectivity index (χ1v) is 4.29. The van der Waals surface area contributed by atoms with Crippen LogP contribution in [-0.4, -0.2) is 31.7 Å². The highest BCUT2D eigenvalue weighted by Crippen LogP contribution is 2.14. The smallest absolute Gasteiger partial charge is 0.325 e. The third-order valence-corrected chi connectivity index (χ3v) is 2.23. The molecular weight excluding hydrogens is 176 g/mol. The maximum Gasteiger partial charge on any atom is 0.325 e. The third kappa shape index (κ3) is 2.20. The number of hydrogen-bond donors (Lipinski definition) is 0. The van der Waals surface area contributed by atoms with Crippen molar-refractivity contribution in [2.24, 2.45) is 0 Å². The van der Waals surface area contributed by atoms with E-state index in [1.54, 1.807) is 18.1 Å². The Morgan fingerprint density at radius 3 is 3.08 bits per heavy atom. The SMILES string of the molecule is COC(=O)CN(C)c1nccs1.